The van der Waals surface area contributed by atoms with Crippen molar-refractivity contribution in [1.82, 2.24) is 20.4 Å². The molecule has 2 aliphatic rings. The van der Waals surface area contributed by atoms with Crippen molar-refractivity contribution >= 4 is 5.82 Å². The molecule has 1 saturated heterocycles. The van der Waals surface area contributed by atoms with Gasteiger partial charge in [-0.3, -0.25) is 0 Å². The van der Waals surface area contributed by atoms with Crippen molar-refractivity contribution in [1.29, 1.82) is 0 Å². The first-order valence-electron chi connectivity index (χ1n) is 9.78. The van der Waals surface area contributed by atoms with Crippen LogP contribution in [0.15, 0.2) is 34.7 Å². The Balaban J connectivity index is 1.36. The minimum atomic E-state index is 0.350. The first-order valence-corrected chi connectivity index (χ1v) is 9.78. The minimum Gasteiger partial charge on any atom is -0.425 e. The van der Waals surface area contributed by atoms with E-state index < -0.39 is 0 Å². The van der Waals surface area contributed by atoms with E-state index in [1.165, 1.54) is 16.7 Å². The van der Waals surface area contributed by atoms with Gasteiger partial charge in [0.15, 0.2) is 5.82 Å². The van der Waals surface area contributed by atoms with Crippen molar-refractivity contribution in [2.75, 3.05) is 18.0 Å². The Hall–Kier alpha value is -2.76. The molecule has 0 saturated carbocycles. The third-order valence-corrected chi connectivity index (χ3v) is 5.73. The molecule has 0 amide bonds. The van der Waals surface area contributed by atoms with E-state index in [2.05, 4.69) is 55.6 Å². The van der Waals surface area contributed by atoms with Crippen LogP contribution in [0.5, 0.6) is 0 Å². The summed E-state index contributed by atoms with van der Waals surface area (Å²) in [7, 11) is 0. The van der Waals surface area contributed by atoms with Crippen LogP contribution >= 0.6 is 0 Å². The normalized spacial score (nSPS) is 17.3. The van der Waals surface area contributed by atoms with E-state index in [1.807, 2.05) is 6.92 Å². The second-order valence-corrected chi connectivity index (χ2v) is 7.51. The van der Waals surface area contributed by atoms with Crippen molar-refractivity contribution < 1.29 is 4.42 Å². The lowest BCUT2D eigenvalue weighted by Gasteiger charge is -2.31. The highest BCUT2D eigenvalue weighted by molar-refractivity contribution is 5.68. The highest BCUT2D eigenvalue weighted by Crippen LogP contribution is 2.33. The van der Waals surface area contributed by atoms with Gasteiger partial charge in [0.05, 0.1) is 5.69 Å². The van der Waals surface area contributed by atoms with Crippen LogP contribution in [0.4, 0.5) is 5.82 Å². The average Bonchev–Trinajstić information content (AvgIpc) is 3.06. The number of aryl methyl sites for hydroxylation is 3. The molecule has 5 rings (SSSR count). The Bertz CT molecular complexity index is 959. The average molecular weight is 361 g/mol. The van der Waals surface area contributed by atoms with Crippen molar-refractivity contribution in [3.63, 3.8) is 0 Å². The van der Waals surface area contributed by atoms with E-state index in [1.54, 1.807) is 0 Å². The van der Waals surface area contributed by atoms with Crippen LogP contribution in [0.3, 0.4) is 0 Å². The third kappa shape index (κ3) is 3.09. The molecular weight excluding hydrogens is 338 g/mol. The molecule has 0 unspecified atom stereocenters. The number of nitrogens with zero attached hydrogens (tertiary/aromatic N) is 5. The fourth-order valence-corrected chi connectivity index (χ4v) is 4.26. The maximum Gasteiger partial charge on any atom is 0.219 e. The Kier molecular flexibility index (Phi) is 4.11. The molecule has 1 aliphatic heterocycles. The van der Waals surface area contributed by atoms with Gasteiger partial charge in [-0.05, 0) is 49.3 Å². The summed E-state index contributed by atoms with van der Waals surface area (Å²) in [5, 5.41) is 17.4. The van der Waals surface area contributed by atoms with Crippen LogP contribution in [0.2, 0.25) is 0 Å². The number of aromatic nitrogens is 4. The SMILES string of the molecule is Cc1nnc(C2CCN(c3cc4c(nn3)-c3ccccc3CCC4)CC2)o1. The number of piperidine rings is 1. The molecule has 1 fully saturated rings. The summed E-state index contributed by atoms with van der Waals surface area (Å²) in [5.41, 5.74) is 5.01. The van der Waals surface area contributed by atoms with Gasteiger partial charge >= 0.3 is 0 Å². The lowest BCUT2D eigenvalue weighted by Crippen LogP contribution is -2.33. The molecule has 1 aliphatic carbocycles. The topological polar surface area (TPSA) is 67.9 Å². The highest BCUT2D eigenvalue weighted by Gasteiger charge is 2.26. The summed E-state index contributed by atoms with van der Waals surface area (Å²) in [5.74, 6) is 2.76. The number of rotatable bonds is 2. The quantitative estimate of drug-likeness (QED) is 0.693. The van der Waals surface area contributed by atoms with E-state index >= 15 is 0 Å². The molecule has 1 aromatic carbocycles. The molecular formula is C21H23N5O. The number of fused-ring (bicyclic) bond motifs is 3. The van der Waals surface area contributed by atoms with E-state index in [0.29, 0.717) is 11.8 Å². The summed E-state index contributed by atoms with van der Waals surface area (Å²) in [6.45, 7) is 3.72. The van der Waals surface area contributed by atoms with Gasteiger partial charge in [-0.2, -0.15) is 0 Å². The lowest BCUT2D eigenvalue weighted by atomic mass is 9.96. The lowest BCUT2D eigenvalue weighted by molar-refractivity contribution is 0.382. The first kappa shape index (κ1) is 16.4. The monoisotopic (exact) mass is 361 g/mol. The third-order valence-electron chi connectivity index (χ3n) is 5.73. The van der Waals surface area contributed by atoms with Crippen LogP contribution in [0.1, 0.15) is 48.1 Å². The van der Waals surface area contributed by atoms with Crippen molar-refractivity contribution in [2.45, 2.75) is 44.9 Å². The van der Waals surface area contributed by atoms with Crippen molar-refractivity contribution in [3.8, 4) is 11.3 Å². The molecule has 6 nitrogen and oxygen atoms in total. The fourth-order valence-electron chi connectivity index (χ4n) is 4.26. The molecule has 6 heteroatoms. The van der Waals surface area contributed by atoms with Crippen molar-refractivity contribution in [3.05, 3.63) is 53.2 Å². The molecule has 0 atom stereocenters. The molecule has 0 spiro atoms. The van der Waals surface area contributed by atoms with Gasteiger partial charge in [-0.15, -0.1) is 20.4 Å². The van der Waals surface area contributed by atoms with Crippen LogP contribution in [0.25, 0.3) is 11.3 Å². The summed E-state index contributed by atoms with van der Waals surface area (Å²) < 4.78 is 5.62. The zero-order valence-electron chi connectivity index (χ0n) is 15.6. The van der Waals surface area contributed by atoms with Gasteiger partial charge in [0.2, 0.25) is 11.8 Å². The Morgan fingerprint density at radius 2 is 1.78 bits per heavy atom. The van der Waals surface area contributed by atoms with E-state index in [4.69, 9.17) is 4.42 Å². The molecule has 3 heterocycles. The second kappa shape index (κ2) is 6.76. The van der Waals surface area contributed by atoms with Gasteiger partial charge in [0, 0.05) is 31.5 Å². The summed E-state index contributed by atoms with van der Waals surface area (Å²) in [6.07, 6.45) is 5.33. The molecule has 138 valence electrons. The largest absolute Gasteiger partial charge is 0.425 e. The zero-order chi connectivity index (χ0) is 18.2. The first-order chi connectivity index (χ1) is 13.3. The van der Waals surface area contributed by atoms with E-state index in [9.17, 15) is 0 Å². The fraction of sp³-hybridized carbons (Fsp3) is 0.429. The van der Waals surface area contributed by atoms with Gasteiger partial charge in [-0.25, -0.2) is 0 Å². The van der Waals surface area contributed by atoms with Crippen LogP contribution in [-0.2, 0) is 12.8 Å². The molecule has 3 aromatic rings. The maximum atomic E-state index is 5.62. The van der Waals surface area contributed by atoms with Crippen LogP contribution in [-0.4, -0.2) is 33.5 Å². The van der Waals surface area contributed by atoms with Crippen molar-refractivity contribution in [2.24, 2.45) is 0 Å². The second-order valence-electron chi connectivity index (χ2n) is 7.51. The Labute approximate surface area is 158 Å². The smallest absolute Gasteiger partial charge is 0.219 e. The highest BCUT2D eigenvalue weighted by atomic mass is 16.4. The number of benzene rings is 1. The van der Waals surface area contributed by atoms with Gasteiger partial charge in [-0.1, -0.05) is 24.3 Å². The van der Waals surface area contributed by atoms with E-state index in [0.717, 1.165) is 62.6 Å². The molecule has 0 N–H and O–H groups in total. The van der Waals surface area contributed by atoms with E-state index in [-0.39, 0.29) is 0 Å². The predicted octanol–water partition coefficient (Wildman–Crippen LogP) is 3.71. The molecule has 0 radical (unpaired) electrons. The molecule has 27 heavy (non-hydrogen) atoms. The summed E-state index contributed by atoms with van der Waals surface area (Å²) >= 11 is 0. The summed E-state index contributed by atoms with van der Waals surface area (Å²) in [4.78, 5) is 2.34. The number of hydrogen-bond acceptors (Lipinski definition) is 6. The zero-order valence-corrected chi connectivity index (χ0v) is 15.6. The Morgan fingerprint density at radius 3 is 2.59 bits per heavy atom. The molecule has 2 aromatic heterocycles. The van der Waals surface area contributed by atoms with Crippen LogP contribution < -0.4 is 4.90 Å². The maximum absolute atomic E-state index is 5.62. The van der Waals surface area contributed by atoms with Crippen LogP contribution in [0, 0.1) is 6.92 Å². The standard InChI is InChI=1S/C21H23N5O/c1-14-22-25-21(27-14)16-9-11-26(12-10-16)19-13-17-7-4-6-15-5-2-3-8-18(15)20(17)24-23-19/h2-3,5,8,13,16H,4,6-7,9-12H2,1H3. The van der Waals surface area contributed by atoms with Gasteiger partial charge in [0.25, 0.3) is 0 Å². The number of hydrogen-bond donors (Lipinski definition) is 0. The minimum absolute atomic E-state index is 0.350. The predicted molar refractivity (Wildman–Crippen MR) is 103 cm³/mol. The molecule has 0 bridgehead atoms. The van der Waals surface area contributed by atoms with Gasteiger partial charge in [0.1, 0.15) is 0 Å². The Morgan fingerprint density at radius 1 is 0.963 bits per heavy atom. The van der Waals surface area contributed by atoms with Gasteiger partial charge < -0.3 is 9.32 Å². The number of anilines is 1. The summed E-state index contributed by atoms with van der Waals surface area (Å²) in [6, 6.07) is 10.8.